The highest BCUT2D eigenvalue weighted by atomic mass is 16.2. The summed E-state index contributed by atoms with van der Waals surface area (Å²) in [4.78, 5) is 16.0. The minimum Gasteiger partial charge on any atom is -0.332 e. The third kappa shape index (κ3) is 4.93. The molecule has 2 aromatic carbocycles. The number of hydrogen-bond donors (Lipinski definition) is 1. The molecule has 0 atom stereocenters. The van der Waals surface area contributed by atoms with E-state index in [4.69, 9.17) is 0 Å². The molecule has 0 bridgehead atoms. The highest BCUT2D eigenvalue weighted by molar-refractivity contribution is 5.76. The second-order valence-corrected chi connectivity index (χ2v) is 6.60. The molecule has 1 fully saturated rings. The van der Waals surface area contributed by atoms with Crippen LogP contribution in [0.1, 0.15) is 17.5 Å². The molecule has 0 unspecified atom stereocenters. The number of piperazine rings is 1. The van der Waals surface area contributed by atoms with Crippen LogP contribution in [0.5, 0.6) is 0 Å². The number of nitrogens with one attached hydrogen (secondary N) is 1. The van der Waals surface area contributed by atoms with Crippen molar-refractivity contribution in [3.63, 3.8) is 0 Å². The van der Waals surface area contributed by atoms with Crippen molar-refractivity contribution < 1.29 is 9.69 Å². The average Bonchev–Trinajstić information content (AvgIpc) is 2.66. The van der Waals surface area contributed by atoms with Crippen molar-refractivity contribution in [1.29, 1.82) is 0 Å². The number of rotatable bonds is 6. The van der Waals surface area contributed by atoms with Crippen molar-refractivity contribution in [3.8, 4) is 0 Å². The lowest BCUT2D eigenvalue weighted by atomic mass is 10.1. The molecule has 3 heteroatoms. The number of carbonyl (C=O) groups excluding carboxylic acids is 1. The van der Waals surface area contributed by atoms with Crippen molar-refractivity contribution in [2.24, 2.45) is 0 Å². The number of benzene rings is 2. The number of aryl methyl sites for hydroxylation is 1. The number of carbonyl (C=O) groups is 1. The predicted molar refractivity (Wildman–Crippen MR) is 97.1 cm³/mol. The van der Waals surface area contributed by atoms with Gasteiger partial charge in [0.25, 0.3) is 0 Å². The topological polar surface area (TPSA) is 24.8 Å². The zero-order chi connectivity index (χ0) is 16.6. The van der Waals surface area contributed by atoms with E-state index in [1.807, 2.05) is 18.2 Å². The molecule has 0 spiro atoms. The van der Waals surface area contributed by atoms with Gasteiger partial charge in [-0.25, -0.2) is 0 Å². The number of amides is 1. The molecule has 1 heterocycles. The summed E-state index contributed by atoms with van der Waals surface area (Å²) < 4.78 is 0. The van der Waals surface area contributed by atoms with Crippen molar-refractivity contribution in [3.05, 3.63) is 71.8 Å². The minimum atomic E-state index is 0.306. The van der Waals surface area contributed by atoms with E-state index in [9.17, 15) is 4.79 Å². The highest BCUT2D eigenvalue weighted by Crippen LogP contribution is 2.05. The molecular weight excluding hydrogens is 296 g/mol. The van der Waals surface area contributed by atoms with Gasteiger partial charge in [-0.2, -0.15) is 0 Å². The van der Waals surface area contributed by atoms with Gasteiger partial charge in [0.1, 0.15) is 0 Å². The molecule has 0 aliphatic carbocycles. The number of hydrogen-bond acceptors (Lipinski definition) is 1. The van der Waals surface area contributed by atoms with Gasteiger partial charge in [-0.1, -0.05) is 60.7 Å². The van der Waals surface area contributed by atoms with Crippen LogP contribution < -0.4 is 4.90 Å². The molecule has 0 aromatic heterocycles. The molecule has 2 aromatic rings. The predicted octanol–water partition coefficient (Wildman–Crippen LogP) is 1.59. The standard InChI is InChI=1S/C21H26N2O/c24-21(12-11-19-7-3-1-4-8-19)23-17-15-22(16-18-23)14-13-20-9-5-2-6-10-20/h1-10H,11-18H2/p+1. The molecule has 1 aliphatic heterocycles. The van der Waals surface area contributed by atoms with E-state index in [1.165, 1.54) is 11.1 Å². The molecule has 1 N–H and O–H groups in total. The molecule has 3 rings (SSSR count). The fraction of sp³-hybridized carbons (Fsp3) is 0.381. The second kappa shape index (κ2) is 8.65. The molecule has 1 saturated heterocycles. The zero-order valence-electron chi connectivity index (χ0n) is 14.3. The Morgan fingerprint density at radius 3 is 1.96 bits per heavy atom. The Balaban J connectivity index is 1.37. The second-order valence-electron chi connectivity index (χ2n) is 6.60. The fourth-order valence-electron chi connectivity index (χ4n) is 3.34. The van der Waals surface area contributed by atoms with E-state index < -0.39 is 0 Å². The van der Waals surface area contributed by atoms with Gasteiger partial charge in [-0.3, -0.25) is 4.79 Å². The van der Waals surface area contributed by atoms with E-state index in [0.29, 0.717) is 12.3 Å². The van der Waals surface area contributed by atoms with Crippen LogP contribution in [0.25, 0.3) is 0 Å². The minimum absolute atomic E-state index is 0.306. The van der Waals surface area contributed by atoms with Crippen LogP contribution in [-0.2, 0) is 17.6 Å². The third-order valence-corrected chi connectivity index (χ3v) is 4.90. The maximum Gasteiger partial charge on any atom is 0.223 e. The quantitative estimate of drug-likeness (QED) is 0.858. The molecule has 0 saturated carbocycles. The van der Waals surface area contributed by atoms with Crippen LogP contribution in [0, 0.1) is 0 Å². The molecule has 126 valence electrons. The summed E-state index contributed by atoms with van der Waals surface area (Å²) >= 11 is 0. The normalized spacial score (nSPS) is 15.4. The van der Waals surface area contributed by atoms with Crippen LogP contribution in [-0.4, -0.2) is 43.5 Å². The van der Waals surface area contributed by atoms with Crippen LogP contribution >= 0.6 is 0 Å². The van der Waals surface area contributed by atoms with Crippen molar-refractivity contribution in [1.82, 2.24) is 4.90 Å². The summed E-state index contributed by atoms with van der Waals surface area (Å²) in [6, 6.07) is 21.0. The first-order valence-corrected chi connectivity index (χ1v) is 9.00. The molecule has 1 amide bonds. The average molecular weight is 323 g/mol. The Labute approximate surface area is 144 Å². The van der Waals surface area contributed by atoms with E-state index in [1.54, 1.807) is 4.90 Å². The Bertz CT molecular complexity index is 619. The van der Waals surface area contributed by atoms with Gasteiger partial charge < -0.3 is 9.80 Å². The zero-order valence-corrected chi connectivity index (χ0v) is 14.3. The number of quaternary nitrogens is 1. The number of nitrogens with zero attached hydrogens (tertiary/aromatic N) is 1. The Kier molecular flexibility index (Phi) is 6.02. The van der Waals surface area contributed by atoms with E-state index >= 15 is 0 Å². The monoisotopic (exact) mass is 323 g/mol. The smallest absolute Gasteiger partial charge is 0.223 e. The highest BCUT2D eigenvalue weighted by Gasteiger charge is 2.23. The molecule has 3 nitrogen and oxygen atoms in total. The third-order valence-electron chi connectivity index (χ3n) is 4.90. The lowest BCUT2D eigenvalue weighted by Gasteiger charge is -2.32. The molecular formula is C21H27N2O+. The van der Waals surface area contributed by atoms with Gasteiger partial charge in [0.2, 0.25) is 5.91 Å². The van der Waals surface area contributed by atoms with Gasteiger partial charge in [0, 0.05) is 12.8 Å². The van der Waals surface area contributed by atoms with Crippen LogP contribution in [0.4, 0.5) is 0 Å². The van der Waals surface area contributed by atoms with Gasteiger partial charge in [0.15, 0.2) is 0 Å². The van der Waals surface area contributed by atoms with Crippen LogP contribution in [0.15, 0.2) is 60.7 Å². The van der Waals surface area contributed by atoms with Crippen LogP contribution in [0.3, 0.4) is 0 Å². The van der Waals surface area contributed by atoms with Crippen molar-refractivity contribution in [2.45, 2.75) is 19.3 Å². The fourth-order valence-corrected chi connectivity index (χ4v) is 3.34. The largest absolute Gasteiger partial charge is 0.332 e. The maximum absolute atomic E-state index is 12.4. The maximum atomic E-state index is 12.4. The SMILES string of the molecule is O=C(CCc1ccccc1)N1CC[NH+](CCc2ccccc2)CC1. The first-order valence-electron chi connectivity index (χ1n) is 9.00. The summed E-state index contributed by atoms with van der Waals surface area (Å²) in [6.45, 7) is 5.11. The summed E-state index contributed by atoms with van der Waals surface area (Å²) in [5, 5.41) is 0. The Morgan fingerprint density at radius 2 is 1.38 bits per heavy atom. The Hall–Kier alpha value is -2.13. The van der Waals surface area contributed by atoms with E-state index in [0.717, 1.165) is 45.6 Å². The summed E-state index contributed by atoms with van der Waals surface area (Å²) in [5.74, 6) is 0.306. The summed E-state index contributed by atoms with van der Waals surface area (Å²) in [5.41, 5.74) is 2.66. The van der Waals surface area contributed by atoms with E-state index in [-0.39, 0.29) is 0 Å². The summed E-state index contributed by atoms with van der Waals surface area (Å²) in [6.07, 6.45) is 2.60. The summed E-state index contributed by atoms with van der Waals surface area (Å²) in [7, 11) is 0. The lowest BCUT2D eigenvalue weighted by molar-refractivity contribution is -0.903. The first kappa shape index (κ1) is 16.7. The van der Waals surface area contributed by atoms with Gasteiger partial charge in [-0.05, 0) is 17.5 Å². The van der Waals surface area contributed by atoms with E-state index in [2.05, 4.69) is 47.4 Å². The molecule has 1 aliphatic rings. The van der Waals surface area contributed by atoms with Gasteiger partial charge in [0.05, 0.1) is 32.7 Å². The van der Waals surface area contributed by atoms with Crippen LogP contribution in [0.2, 0.25) is 0 Å². The first-order chi connectivity index (χ1) is 11.8. The van der Waals surface area contributed by atoms with Crippen molar-refractivity contribution >= 4 is 5.91 Å². The Morgan fingerprint density at radius 1 is 0.833 bits per heavy atom. The van der Waals surface area contributed by atoms with Gasteiger partial charge in [-0.15, -0.1) is 0 Å². The van der Waals surface area contributed by atoms with Gasteiger partial charge >= 0.3 is 0 Å². The lowest BCUT2D eigenvalue weighted by Crippen LogP contribution is -3.15. The van der Waals surface area contributed by atoms with Crippen molar-refractivity contribution in [2.75, 3.05) is 32.7 Å². The molecule has 0 radical (unpaired) electrons. The molecule has 24 heavy (non-hydrogen) atoms.